The molecule has 1 saturated carbocycles. The number of morpholine rings is 2. The van der Waals surface area contributed by atoms with E-state index >= 15 is 0 Å². The molecule has 0 atom stereocenters. The van der Waals surface area contributed by atoms with E-state index in [0.29, 0.717) is 12.0 Å². The molecule has 1 aromatic carbocycles. The quantitative estimate of drug-likeness (QED) is 0.554. The highest BCUT2D eigenvalue weighted by molar-refractivity contribution is 5.85. The maximum atomic E-state index is 6.56. The second kappa shape index (κ2) is 10.8. The molecule has 3 aromatic rings. The molecule has 0 radical (unpaired) electrons. The average molecular weight is 492 g/mol. The lowest BCUT2D eigenvalue weighted by Gasteiger charge is -2.31. The average Bonchev–Trinajstić information content (AvgIpc) is 2.95. The number of benzene rings is 1. The molecule has 4 heterocycles. The van der Waals surface area contributed by atoms with Crippen LogP contribution in [0.1, 0.15) is 25.7 Å². The van der Waals surface area contributed by atoms with Crippen molar-refractivity contribution in [2.45, 2.75) is 37.8 Å². The maximum absolute atomic E-state index is 6.56. The highest BCUT2D eigenvalue weighted by atomic mass is 16.5. The van der Waals surface area contributed by atoms with Crippen molar-refractivity contribution in [1.82, 2.24) is 19.9 Å². The third kappa shape index (κ3) is 5.29. The van der Waals surface area contributed by atoms with E-state index in [9.17, 15) is 0 Å². The van der Waals surface area contributed by atoms with Gasteiger partial charge in [0.05, 0.1) is 38.0 Å². The topological polar surface area (TPSA) is 97.8 Å². The number of ether oxygens (including phenoxy) is 3. The van der Waals surface area contributed by atoms with Crippen LogP contribution >= 0.6 is 0 Å². The number of nitrogens with zero attached hydrogens (tertiary/aromatic N) is 6. The summed E-state index contributed by atoms with van der Waals surface area (Å²) in [6, 6.07) is 6.53. The molecule has 10 nitrogen and oxygen atoms in total. The minimum Gasteiger partial charge on any atom is -0.488 e. The van der Waals surface area contributed by atoms with Gasteiger partial charge in [0, 0.05) is 62.6 Å². The van der Waals surface area contributed by atoms with Gasteiger partial charge in [0.1, 0.15) is 17.1 Å². The number of rotatable bonds is 6. The van der Waals surface area contributed by atoms with Crippen molar-refractivity contribution >= 4 is 28.5 Å². The van der Waals surface area contributed by atoms with Crippen LogP contribution in [0.25, 0.3) is 11.0 Å². The van der Waals surface area contributed by atoms with Gasteiger partial charge in [0.2, 0.25) is 5.95 Å². The van der Waals surface area contributed by atoms with Crippen LogP contribution in [-0.4, -0.2) is 84.7 Å². The van der Waals surface area contributed by atoms with Gasteiger partial charge in [-0.2, -0.15) is 4.98 Å². The van der Waals surface area contributed by atoms with Crippen molar-refractivity contribution in [3.63, 3.8) is 0 Å². The first-order valence-corrected chi connectivity index (χ1v) is 13.0. The van der Waals surface area contributed by atoms with Crippen LogP contribution in [0.2, 0.25) is 0 Å². The lowest BCUT2D eigenvalue weighted by atomic mass is 9.93. The van der Waals surface area contributed by atoms with Crippen molar-refractivity contribution in [3.8, 4) is 5.75 Å². The summed E-state index contributed by atoms with van der Waals surface area (Å²) in [4.78, 5) is 22.9. The van der Waals surface area contributed by atoms with Gasteiger partial charge in [0.25, 0.3) is 0 Å². The molecular formula is C26H33N7O3. The Balaban J connectivity index is 1.10. The van der Waals surface area contributed by atoms with Crippen LogP contribution in [0, 0.1) is 0 Å². The molecule has 0 bridgehead atoms. The maximum Gasteiger partial charge on any atom is 0.224 e. The molecule has 0 amide bonds. The van der Waals surface area contributed by atoms with Gasteiger partial charge in [0.15, 0.2) is 0 Å². The van der Waals surface area contributed by atoms with Gasteiger partial charge in [-0.05, 0) is 37.8 Å². The molecule has 10 heteroatoms. The number of fused-ring (bicyclic) bond motifs is 1. The van der Waals surface area contributed by atoms with Crippen molar-refractivity contribution in [2.75, 3.05) is 67.7 Å². The molecule has 1 aliphatic carbocycles. The van der Waals surface area contributed by atoms with Gasteiger partial charge in [-0.3, -0.25) is 4.98 Å². The molecule has 3 fully saturated rings. The standard InChI is InChI=1S/C26H33N7O3/c1-3-21(4-2-19(1)30-26-29-6-5-24(31-26)33-11-15-35-16-12-33)36-23-18-20(32-9-13-34-14-10-32)17-22-25(23)28-8-7-27-22/h5-8,17-19,21H,1-4,9-16H2,(H,29,30,31). The lowest BCUT2D eigenvalue weighted by Crippen LogP contribution is -2.37. The largest absolute Gasteiger partial charge is 0.488 e. The van der Waals surface area contributed by atoms with Crippen LogP contribution in [0.15, 0.2) is 36.8 Å². The van der Waals surface area contributed by atoms with E-state index in [2.05, 4.69) is 42.2 Å². The first kappa shape index (κ1) is 23.2. The molecule has 2 aromatic heterocycles. The third-order valence-corrected chi connectivity index (χ3v) is 7.18. The zero-order valence-corrected chi connectivity index (χ0v) is 20.5. The van der Waals surface area contributed by atoms with Gasteiger partial charge in [-0.15, -0.1) is 0 Å². The Kier molecular flexibility index (Phi) is 6.95. The number of anilines is 3. The van der Waals surface area contributed by atoms with Crippen LogP contribution in [-0.2, 0) is 9.47 Å². The van der Waals surface area contributed by atoms with E-state index in [4.69, 9.17) is 19.2 Å². The van der Waals surface area contributed by atoms with E-state index in [1.807, 2.05) is 12.3 Å². The molecule has 2 saturated heterocycles. The molecule has 6 rings (SSSR count). The van der Waals surface area contributed by atoms with E-state index in [1.165, 1.54) is 0 Å². The highest BCUT2D eigenvalue weighted by Gasteiger charge is 2.25. The Morgan fingerprint density at radius 2 is 1.53 bits per heavy atom. The smallest absolute Gasteiger partial charge is 0.224 e. The summed E-state index contributed by atoms with van der Waals surface area (Å²) in [6.45, 7) is 6.44. The zero-order valence-electron chi connectivity index (χ0n) is 20.5. The molecule has 3 aliphatic rings. The first-order valence-electron chi connectivity index (χ1n) is 13.0. The Labute approximate surface area is 211 Å². The van der Waals surface area contributed by atoms with Gasteiger partial charge >= 0.3 is 0 Å². The Morgan fingerprint density at radius 1 is 0.806 bits per heavy atom. The van der Waals surface area contributed by atoms with Crippen molar-refractivity contribution < 1.29 is 14.2 Å². The monoisotopic (exact) mass is 491 g/mol. The van der Waals surface area contributed by atoms with E-state index in [1.54, 1.807) is 12.4 Å². The minimum absolute atomic E-state index is 0.147. The lowest BCUT2D eigenvalue weighted by molar-refractivity contribution is 0.122. The molecule has 190 valence electrons. The second-order valence-electron chi connectivity index (χ2n) is 9.54. The van der Waals surface area contributed by atoms with Crippen molar-refractivity contribution in [1.29, 1.82) is 0 Å². The predicted octanol–water partition coefficient (Wildman–Crippen LogP) is 2.90. The van der Waals surface area contributed by atoms with E-state index in [0.717, 1.165) is 107 Å². The second-order valence-corrected chi connectivity index (χ2v) is 9.54. The van der Waals surface area contributed by atoms with Crippen LogP contribution in [0.4, 0.5) is 17.5 Å². The predicted molar refractivity (Wildman–Crippen MR) is 138 cm³/mol. The summed E-state index contributed by atoms with van der Waals surface area (Å²) in [5, 5.41) is 3.55. The summed E-state index contributed by atoms with van der Waals surface area (Å²) in [5.74, 6) is 2.48. The molecule has 2 aliphatic heterocycles. The fraction of sp³-hybridized carbons (Fsp3) is 0.538. The highest BCUT2D eigenvalue weighted by Crippen LogP contribution is 2.33. The van der Waals surface area contributed by atoms with Crippen LogP contribution in [0.5, 0.6) is 5.75 Å². The third-order valence-electron chi connectivity index (χ3n) is 7.18. The minimum atomic E-state index is 0.147. The van der Waals surface area contributed by atoms with Crippen molar-refractivity contribution in [2.24, 2.45) is 0 Å². The fourth-order valence-electron chi connectivity index (χ4n) is 5.20. The molecule has 0 unspecified atom stereocenters. The number of aromatic nitrogens is 4. The Morgan fingerprint density at radius 3 is 2.31 bits per heavy atom. The van der Waals surface area contributed by atoms with E-state index < -0.39 is 0 Å². The van der Waals surface area contributed by atoms with Crippen LogP contribution < -0.4 is 19.9 Å². The van der Waals surface area contributed by atoms with Gasteiger partial charge < -0.3 is 29.3 Å². The summed E-state index contributed by atoms with van der Waals surface area (Å²) in [6.07, 6.45) is 9.38. The van der Waals surface area contributed by atoms with Gasteiger partial charge in [-0.1, -0.05) is 0 Å². The summed E-state index contributed by atoms with van der Waals surface area (Å²) < 4.78 is 17.5. The van der Waals surface area contributed by atoms with Crippen molar-refractivity contribution in [3.05, 3.63) is 36.8 Å². The zero-order chi connectivity index (χ0) is 24.2. The first-order chi connectivity index (χ1) is 17.8. The Bertz CT molecular complexity index is 1160. The fourth-order valence-corrected chi connectivity index (χ4v) is 5.20. The number of hydrogen-bond donors (Lipinski definition) is 1. The summed E-state index contributed by atoms with van der Waals surface area (Å²) in [7, 11) is 0. The summed E-state index contributed by atoms with van der Waals surface area (Å²) >= 11 is 0. The summed E-state index contributed by atoms with van der Waals surface area (Å²) in [5.41, 5.74) is 2.81. The number of nitrogens with one attached hydrogen (secondary N) is 1. The van der Waals surface area contributed by atoms with E-state index in [-0.39, 0.29) is 6.10 Å². The number of hydrogen-bond acceptors (Lipinski definition) is 10. The molecule has 0 spiro atoms. The normalized spacial score (nSPS) is 23.0. The SMILES string of the molecule is c1cc(N2CCOCC2)nc(NC2CCC(Oc3cc(N4CCOCC4)cc4nccnc34)CC2)n1. The van der Waals surface area contributed by atoms with Gasteiger partial charge in [-0.25, -0.2) is 9.97 Å². The Hall–Kier alpha value is -3.24. The molecular weight excluding hydrogens is 458 g/mol. The molecule has 1 N–H and O–H groups in total. The van der Waals surface area contributed by atoms with Crippen LogP contribution in [0.3, 0.4) is 0 Å². The molecule has 36 heavy (non-hydrogen) atoms.